The summed E-state index contributed by atoms with van der Waals surface area (Å²) in [6.45, 7) is 0.728. The van der Waals surface area contributed by atoms with Gasteiger partial charge in [0.2, 0.25) is 0 Å². The minimum Gasteiger partial charge on any atom is -0.287 e. The quantitative estimate of drug-likeness (QED) is 0.411. The maximum absolute atomic E-state index is 13.2. The Kier molecular flexibility index (Phi) is 5.57. The third-order valence-corrected chi connectivity index (χ3v) is 5.40. The third kappa shape index (κ3) is 3.95. The van der Waals surface area contributed by atoms with Crippen LogP contribution < -0.4 is 5.69 Å². The summed E-state index contributed by atoms with van der Waals surface area (Å²) in [4.78, 5) is 35.7. The van der Waals surface area contributed by atoms with Gasteiger partial charge in [-0.25, -0.2) is 4.79 Å². The maximum atomic E-state index is 13.2. The summed E-state index contributed by atoms with van der Waals surface area (Å²) in [6.07, 6.45) is 0. The van der Waals surface area contributed by atoms with Crippen LogP contribution in [0.2, 0.25) is 0 Å². The van der Waals surface area contributed by atoms with E-state index in [1.165, 1.54) is 0 Å². The molecule has 0 saturated carbocycles. The number of hydrogen-bond acceptors (Lipinski definition) is 3. The van der Waals surface area contributed by atoms with E-state index in [0.29, 0.717) is 24.2 Å². The Hall–Kier alpha value is -3.15. The summed E-state index contributed by atoms with van der Waals surface area (Å²) in [5.74, 6) is 0. The van der Waals surface area contributed by atoms with Crippen molar-refractivity contribution in [3.8, 4) is 0 Å². The summed E-state index contributed by atoms with van der Waals surface area (Å²) in [6, 6.07) is 21.3. The van der Waals surface area contributed by atoms with E-state index in [9.17, 15) is 14.4 Å². The van der Waals surface area contributed by atoms with Crippen molar-refractivity contribution in [2.75, 3.05) is 0 Å². The van der Waals surface area contributed by atoms with Crippen LogP contribution in [0.4, 0.5) is 0 Å². The Balaban J connectivity index is 1.71. The molecule has 0 aliphatic heterocycles. The van der Waals surface area contributed by atoms with E-state index >= 15 is 0 Å². The lowest BCUT2D eigenvalue weighted by Crippen LogP contribution is -2.25. The number of benzene rings is 3. The van der Waals surface area contributed by atoms with E-state index in [-0.39, 0.29) is 5.69 Å². The van der Waals surface area contributed by atoms with Gasteiger partial charge in [-0.15, -0.1) is 0 Å². The fraction of sp³-hybridized carbons (Fsp3) is 0.0870. The Morgan fingerprint density at radius 1 is 0.633 bits per heavy atom. The second-order valence-electron chi connectivity index (χ2n) is 6.88. The molecular weight excluding hydrogens is 423 g/mol. The Labute approximate surface area is 182 Å². The number of para-hydroxylation sites is 2. The third-order valence-electron chi connectivity index (χ3n) is 4.97. The molecule has 0 amide bonds. The number of halogens is 2. The highest BCUT2D eigenvalue weighted by molar-refractivity contribution is 6.68. The number of hydrogen-bond donors (Lipinski definition) is 0. The zero-order valence-corrected chi connectivity index (χ0v) is 17.2. The number of imidazole rings is 1. The van der Waals surface area contributed by atoms with Crippen molar-refractivity contribution in [2.24, 2.45) is 0 Å². The summed E-state index contributed by atoms with van der Waals surface area (Å²) in [7, 11) is 0. The molecule has 1 aromatic heterocycles. The molecule has 0 radical (unpaired) electrons. The molecule has 3 aromatic carbocycles. The fourth-order valence-electron chi connectivity index (χ4n) is 3.43. The predicted molar refractivity (Wildman–Crippen MR) is 118 cm³/mol. The van der Waals surface area contributed by atoms with Crippen molar-refractivity contribution in [3.63, 3.8) is 0 Å². The standard InChI is InChI=1S/C23H16Cl2N2O3/c24-21(28)17-9-5-15(6-10-17)13-26-19-3-1-2-4-20(19)27(23(26)30)14-16-7-11-18(12-8-16)22(25)29/h1-12H,13-14H2. The van der Waals surface area contributed by atoms with Crippen LogP contribution in [0.1, 0.15) is 31.8 Å². The van der Waals surface area contributed by atoms with Gasteiger partial charge in [0, 0.05) is 11.1 Å². The number of carbonyl (C=O) groups excluding carboxylic acids is 2. The lowest BCUT2D eigenvalue weighted by Gasteiger charge is -2.05. The molecule has 0 unspecified atom stereocenters. The lowest BCUT2D eigenvalue weighted by molar-refractivity contribution is 0.107. The number of aromatic nitrogens is 2. The van der Waals surface area contributed by atoms with Crippen LogP contribution in [0.15, 0.2) is 77.6 Å². The Morgan fingerprint density at radius 2 is 1.00 bits per heavy atom. The molecule has 0 N–H and O–H groups in total. The van der Waals surface area contributed by atoms with E-state index in [1.54, 1.807) is 57.7 Å². The van der Waals surface area contributed by atoms with Crippen LogP contribution in [0.5, 0.6) is 0 Å². The first-order valence-electron chi connectivity index (χ1n) is 9.19. The molecule has 0 fully saturated rings. The normalized spacial score (nSPS) is 11.0. The summed E-state index contributed by atoms with van der Waals surface area (Å²) in [5, 5.41) is -1.03. The molecule has 0 aliphatic carbocycles. The smallest absolute Gasteiger partial charge is 0.287 e. The minimum atomic E-state index is -0.516. The highest BCUT2D eigenvalue weighted by atomic mass is 35.5. The van der Waals surface area contributed by atoms with Crippen molar-refractivity contribution in [2.45, 2.75) is 13.1 Å². The molecule has 1 heterocycles. The number of rotatable bonds is 6. The largest absolute Gasteiger partial charge is 0.329 e. The van der Waals surface area contributed by atoms with Crippen LogP contribution in [0, 0.1) is 0 Å². The van der Waals surface area contributed by atoms with E-state index < -0.39 is 10.5 Å². The predicted octanol–water partition coefficient (Wildman–Crippen LogP) is 4.66. The van der Waals surface area contributed by atoms with Gasteiger partial charge >= 0.3 is 5.69 Å². The van der Waals surface area contributed by atoms with E-state index in [1.807, 2.05) is 24.3 Å². The molecule has 0 saturated heterocycles. The average Bonchev–Trinajstić information content (AvgIpc) is 3.00. The zero-order valence-electron chi connectivity index (χ0n) is 15.7. The van der Waals surface area contributed by atoms with Crippen molar-refractivity contribution >= 4 is 44.7 Å². The fourth-order valence-corrected chi connectivity index (χ4v) is 3.68. The van der Waals surface area contributed by atoms with E-state index in [0.717, 1.165) is 22.2 Å². The molecular formula is C23H16Cl2N2O3. The van der Waals surface area contributed by atoms with Gasteiger partial charge in [0.15, 0.2) is 0 Å². The van der Waals surface area contributed by atoms with Gasteiger partial charge in [-0.05, 0) is 70.7 Å². The van der Waals surface area contributed by atoms with Gasteiger partial charge in [0.05, 0.1) is 24.1 Å². The highest BCUT2D eigenvalue weighted by Gasteiger charge is 2.14. The van der Waals surface area contributed by atoms with Gasteiger partial charge in [-0.1, -0.05) is 36.4 Å². The van der Waals surface area contributed by atoms with E-state index in [2.05, 4.69) is 0 Å². The molecule has 150 valence electrons. The van der Waals surface area contributed by atoms with Crippen LogP contribution in [0.25, 0.3) is 11.0 Å². The molecule has 5 nitrogen and oxygen atoms in total. The zero-order chi connectivity index (χ0) is 21.3. The van der Waals surface area contributed by atoms with Gasteiger partial charge in [-0.3, -0.25) is 18.7 Å². The molecule has 4 aromatic rings. The topological polar surface area (TPSA) is 61.1 Å². The maximum Gasteiger partial charge on any atom is 0.329 e. The number of nitrogens with zero attached hydrogens (tertiary/aromatic N) is 2. The van der Waals surface area contributed by atoms with Crippen molar-refractivity contribution in [1.82, 2.24) is 9.13 Å². The van der Waals surface area contributed by atoms with Crippen LogP contribution in [-0.2, 0) is 13.1 Å². The van der Waals surface area contributed by atoms with Gasteiger partial charge in [0.1, 0.15) is 0 Å². The molecule has 0 spiro atoms. The van der Waals surface area contributed by atoms with Crippen LogP contribution in [0.3, 0.4) is 0 Å². The second-order valence-corrected chi connectivity index (χ2v) is 7.57. The Morgan fingerprint density at radius 3 is 1.33 bits per heavy atom. The summed E-state index contributed by atoms with van der Waals surface area (Å²) >= 11 is 11.0. The minimum absolute atomic E-state index is 0.147. The summed E-state index contributed by atoms with van der Waals surface area (Å²) in [5.41, 5.74) is 4.06. The highest BCUT2D eigenvalue weighted by Crippen LogP contribution is 2.17. The van der Waals surface area contributed by atoms with Gasteiger partial charge < -0.3 is 0 Å². The number of fused-ring (bicyclic) bond motifs is 1. The van der Waals surface area contributed by atoms with E-state index in [4.69, 9.17) is 23.2 Å². The monoisotopic (exact) mass is 438 g/mol. The first kappa shape index (κ1) is 20.1. The van der Waals surface area contributed by atoms with Crippen molar-refractivity contribution < 1.29 is 9.59 Å². The molecule has 0 aliphatic rings. The first-order valence-corrected chi connectivity index (χ1v) is 9.95. The van der Waals surface area contributed by atoms with Crippen molar-refractivity contribution in [1.29, 1.82) is 0 Å². The Bertz CT molecular complexity index is 1200. The van der Waals surface area contributed by atoms with Crippen LogP contribution >= 0.6 is 23.2 Å². The van der Waals surface area contributed by atoms with Crippen LogP contribution in [-0.4, -0.2) is 19.6 Å². The van der Waals surface area contributed by atoms with Gasteiger partial charge in [0.25, 0.3) is 10.5 Å². The number of carbonyl (C=O) groups is 2. The first-order chi connectivity index (χ1) is 14.4. The van der Waals surface area contributed by atoms with Crippen molar-refractivity contribution in [3.05, 3.63) is 106 Å². The summed E-state index contributed by atoms with van der Waals surface area (Å²) < 4.78 is 3.40. The average molecular weight is 439 g/mol. The molecule has 0 bridgehead atoms. The molecule has 7 heteroatoms. The molecule has 4 rings (SSSR count). The van der Waals surface area contributed by atoms with Gasteiger partial charge in [-0.2, -0.15) is 0 Å². The SMILES string of the molecule is O=C(Cl)c1ccc(Cn2c(=O)n(Cc3ccc(C(=O)Cl)cc3)c3ccccc32)cc1. The molecule has 0 atom stereocenters. The molecule has 30 heavy (non-hydrogen) atoms. The second kappa shape index (κ2) is 8.30. The lowest BCUT2D eigenvalue weighted by atomic mass is 10.1.